The van der Waals surface area contributed by atoms with Gasteiger partial charge in [0.1, 0.15) is 23.2 Å². The summed E-state index contributed by atoms with van der Waals surface area (Å²) in [6, 6.07) is 0. The van der Waals surface area contributed by atoms with Gasteiger partial charge in [0.05, 0.1) is 13.1 Å². The van der Waals surface area contributed by atoms with Crippen LogP contribution in [0.1, 0.15) is 13.8 Å². The number of aromatic nitrogens is 4. The molecule has 2 heterocycles. The normalized spacial score (nSPS) is 11.5. The summed E-state index contributed by atoms with van der Waals surface area (Å²) >= 11 is 1.61. The van der Waals surface area contributed by atoms with Crippen molar-refractivity contribution in [3.8, 4) is 0 Å². The number of nitrogens with one attached hydrogen (secondary N) is 1. The molecule has 0 saturated heterocycles. The fourth-order valence-electron chi connectivity index (χ4n) is 1.84. The maximum absolute atomic E-state index is 4.41. The van der Waals surface area contributed by atoms with E-state index in [1.165, 1.54) is 4.90 Å². The van der Waals surface area contributed by atoms with Crippen LogP contribution < -0.4 is 4.90 Å². The molecular weight excluding hydrogens is 234 g/mol. The van der Waals surface area contributed by atoms with Gasteiger partial charge in [0.15, 0.2) is 12.3 Å². The quantitative estimate of drug-likeness (QED) is 0.619. The molecule has 0 unspecified atom stereocenters. The van der Waals surface area contributed by atoms with Crippen LogP contribution >= 0.6 is 11.8 Å². The highest BCUT2D eigenvalue weighted by atomic mass is 32.2. The Bertz CT molecular complexity index is 492. The van der Waals surface area contributed by atoms with Crippen molar-refractivity contribution < 1.29 is 4.90 Å². The number of quaternary nitrogens is 1. The molecule has 2 aromatic rings. The van der Waals surface area contributed by atoms with E-state index in [9.17, 15) is 0 Å². The van der Waals surface area contributed by atoms with Crippen LogP contribution in [0.2, 0.25) is 0 Å². The van der Waals surface area contributed by atoms with E-state index in [1.807, 2.05) is 12.6 Å². The van der Waals surface area contributed by atoms with Crippen LogP contribution in [0.3, 0.4) is 0 Å². The van der Waals surface area contributed by atoms with Crippen LogP contribution in [-0.4, -0.2) is 38.9 Å². The van der Waals surface area contributed by atoms with E-state index in [0.717, 1.165) is 35.9 Å². The molecule has 17 heavy (non-hydrogen) atoms. The van der Waals surface area contributed by atoms with Gasteiger partial charge < -0.3 is 4.90 Å². The molecule has 5 nitrogen and oxygen atoms in total. The van der Waals surface area contributed by atoms with Gasteiger partial charge in [-0.05, 0) is 20.1 Å². The number of nitrogens with zero attached hydrogens (tertiary/aromatic N) is 4. The van der Waals surface area contributed by atoms with Crippen molar-refractivity contribution in [2.24, 2.45) is 0 Å². The molecule has 0 bridgehead atoms. The SMILES string of the molecule is CC[NH+](CC)Cn1cnc2c(SC)ncnc21. The minimum absolute atomic E-state index is 0.909. The molecule has 0 aliphatic rings. The Morgan fingerprint density at radius 3 is 2.65 bits per heavy atom. The summed E-state index contributed by atoms with van der Waals surface area (Å²) in [6.07, 6.45) is 5.49. The zero-order valence-electron chi connectivity index (χ0n) is 10.5. The summed E-state index contributed by atoms with van der Waals surface area (Å²) in [5.41, 5.74) is 1.84. The molecule has 0 fully saturated rings. The van der Waals surface area contributed by atoms with Crippen LogP contribution in [0.15, 0.2) is 17.7 Å². The summed E-state index contributed by atoms with van der Waals surface area (Å²) in [6.45, 7) is 7.52. The van der Waals surface area contributed by atoms with Crippen molar-refractivity contribution in [2.45, 2.75) is 25.5 Å². The molecule has 0 spiro atoms. The molecule has 0 saturated carbocycles. The number of rotatable bonds is 5. The van der Waals surface area contributed by atoms with E-state index in [0.29, 0.717) is 0 Å². The molecule has 0 radical (unpaired) electrons. The Morgan fingerprint density at radius 1 is 1.24 bits per heavy atom. The number of hydrogen-bond donors (Lipinski definition) is 1. The Morgan fingerprint density at radius 2 is 2.00 bits per heavy atom. The molecule has 0 aromatic carbocycles. The molecule has 1 N–H and O–H groups in total. The van der Waals surface area contributed by atoms with Gasteiger partial charge in [-0.3, -0.25) is 4.57 Å². The van der Waals surface area contributed by atoms with Crippen molar-refractivity contribution in [3.05, 3.63) is 12.7 Å². The summed E-state index contributed by atoms with van der Waals surface area (Å²) in [5, 5.41) is 0.947. The van der Waals surface area contributed by atoms with Crippen LogP contribution in [0.5, 0.6) is 0 Å². The van der Waals surface area contributed by atoms with Crippen LogP contribution in [0, 0.1) is 0 Å². The van der Waals surface area contributed by atoms with Gasteiger partial charge in [0.2, 0.25) is 0 Å². The number of thioether (sulfide) groups is 1. The van der Waals surface area contributed by atoms with Crippen LogP contribution in [0.4, 0.5) is 0 Å². The first-order valence-corrected chi connectivity index (χ1v) is 7.06. The van der Waals surface area contributed by atoms with Crippen molar-refractivity contribution >= 4 is 22.9 Å². The second kappa shape index (κ2) is 5.46. The van der Waals surface area contributed by atoms with E-state index >= 15 is 0 Å². The third-order valence-electron chi connectivity index (χ3n) is 2.95. The molecule has 2 rings (SSSR count). The Labute approximate surface area is 105 Å². The Hall–Kier alpha value is -1.14. The monoisotopic (exact) mass is 252 g/mol. The van der Waals surface area contributed by atoms with Crippen molar-refractivity contribution in [1.82, 2.24) is 19.5 Å². The fraction of sp³-hybridized carbons (Fsp3) is 0.545. The summed E-state index contributed by atoms with van der Waals surface area (Å²) < 4.78 is 2.11. The lowest BCUT2D eigenvalue weighted by atomic mass is 10.5. The molecule has 0 aliphatic heterocycles. The van der Waals surface area contributed by atoms with E-state index in [4.69, 9.17) is 0 Å². The van der Waals surface area contributed by atoms with Gasteiger partial charge in [0, 0.05) is 0 Å². The maximum Gasteiger partial charge on any atom is 0.168 e. The molecule has 0 amide bonds. The van der Waals surface area contributed by atoms with Gasteiger partial charge in [-0.25, -0.2) is 15.0 Å². The predicted molar refractivity (Wildman–Crippen MR) is 69.1 cm³/mol. The van der Waals surface area contributed by atoms with Gasteiger partial charge >= 0.3 is 0 Å². The Kier molecular flexibility index (Phi) is 3.96. The molecule has 92 valence electrons. The van der Waals surface area contributed by atoms with Gasteiger partial charge in [-0.2, -0.15) is 0 Å². The zero-order valence-corrected chi connectivity index (χ0v) is 11.3. The highest BCUT2D eigenvalue weighted by Gasteiger charge is 2.12. The van der Waals surface area contributed by atoms with Gasteiger partial charge in [-0.15, -0.1) is 11.8 Å². The molecule has 0 aliphatic carbocycles. The topological polar surface area (TPSA) is 48.0 Å². The van der Waals surface area contributed by atoms with Crippen LogP contribution in [0.25, 0.3) is 11.2 Å². The first-order chi connectivity index (χ1) is 8.30. The second-order valence-electron chi connectivity index (χ2n) is 3.88. The molecule has 2 aromatic heterocycles. The third-order valence-corrected chi connectivity index (χ3v) is 3.64. The van der Waals surface area contributed by atoms with E-state index in [-0.39, 0.29) is 0 Å². The summed E-state index contributed by atoms with van der Waals surface area (Å²) in [4.78, 5) is 14.5. The average molecular weight is 252 g/mol. The first kappa shape index (κ1) is 12.3. The molecular formula is C11H18N5S+. The lowest BCUT2D eigenvalue weighted by Crippen LogP contribution is -3.10. The first-order valence-electron chi connectivity index (χ1n) is 5.83. The number of hydrogen-bond acceptors (Lipinski definition) is 4. The summed E-state index contributed by atoms with van der Waals surface area (Å²) in [5.74, 6) is 0. The van der Waals surface area contributed by atoms with Crippen LogP contribution in [-0.2, 0) is 6.67 Å². The van der Waals surface area contributed by atoms with Crippen molar-refractivity contribution in [2.75, 3.05) is 19.3 Å². The fourth-order valence-corrected chi connectivity index (χ4v) is 2.33. The predicted octanol–water partition coefficient (Wildman–Crippen LogP) is 0.430. The van der Waals surface area contributed by atoms with Crippen molar-refractivity contribution in [1.29, 1.82) is 0 Å². The largest absolute Gasteiger partial charge is 0.318 e. The minimum atomic E-state index is 0.909. The number of imidazole rings is 1. The third kappa shape index (κ3) is 2.42. The van der Waals surface area contributed by atoms with E-state index in [2.05, 4.69) is 33.4 Å². The lowest BCUT2D eigenvalue weighted by molar-refractivity contribution is -0.919. The second-order valence-corrected chi connectivity index (χ2v) is 4.68. The van der Waals surface area contributed by atoms with Gasteiger partial charge in [-0.1, -0.05) is 0 Å². The van der Waals surface area contributed by atoms with Gasteiger partial charge in [0.25, 0.3) is 0 Å². The zero-order chi connectivity index (χ0) is 12.3. The smallest absolute Gasteiger partial charge is 0.168 e. The Balaban J connectivity index is 2.36. The summed E-state index contributed by atoms with van der Waals surface area (Å²) in [7, 11) is 0. The standard InChI is InChI=1S/C11H17N5S/c1-4-15(5-2)8-16-7-14-9-10(16)12-6-13-11(9)17-3/h6-7H,4-5,8H2,1-3H3/p+1. The average Bonchev–Trinajstić information content (AvgIpc) is 2.79. The molecule has 0 atom stereocenters. The van der Waals surface area contributed by atoms with E-state index in [1.54, 1.807) is 18.1 Å². The highest BCUT2D eigenvalue weighted by Crippen LogP contribution is 2.19. The number of fused-ring (bicyclic) bond motifs is 1. The minimum Gasteiger partial charge on any atom is -0.318 e. The molecule has 6 heteroatoms. The van der Waals surface area contributed by atoms with Crippen molar-refractivity contribution in [3.63, 3.8) is 0 Å². The highest BCUT2D eigenvalue weighted by molar-refractivity contribution is 7.98. The lowest BCUT2D eigenvalue weighted by Gasteiger charge is -2.15. The van der Waals surface area contributed by atoms with E-state index < -0.39 is 0 Å². The maximum atomic E-state index is 4.41.